The Balaban J connectivity index is 1.50. The van der Waals surface area contributed by atoms with E-state index in [-0.39, 0.29) is 18.1 Å². The van der Waals surface area contributed by atoms with E-state index in [1.807, 2.05) is 12.1 Å². The number of ether oxygens (including phenoxy) is 1. The van der Waals surface area contributed by atoms with Gasteiger partial charge in [0.15, 0.2) is 11.6 Å². The number of carbonyl (C=O) groups is 1. The second-order valence-corrected chi connectivity index (χ2v) is 7.32. The van der Waals surface area contributed by atoms with Crippen LogP contribution in [0.5, 0.6) is 5.75 Å². The molecule has 0 bridgehead atoms. The van der Waals surface area contributed by atoms with Gasteiger partial charge in [-0.1, -0.05) is 51.4 Å². The van der Waals surface area contributed by atoms with Crippen LogP contribution in [0.3, 0.4) is 0 Å². The molecule has 0 aliphatic rings. The number of nitrogens with one attached hydrogen (secondary N) is 1. The van der Waals surface area contributed by atoms with E-state index >= 15 is 0 Å². The lowest BCUT2D eigenvalue weighted by atomic mass is 10.2. The van der Waals surface area contributed by atoms with Crippen LogP contribution in [0.2, 0.25) is 5.02 Å². The molecule has 1 aromatic heterocycles. The molecule has 1 N–H and O–H groups in total. The highest BCUT2D eigenvalue weighted by molar-refractivity contribution is 9.10. The van der Waals surface area contributed by atoms with Crippen molar-refractivity contribution in [2.75, 3.05) is 5.75 Å². The minimum Gasteiger partial charge on any atom is -0.486 e. The fraction of sp³-hybridized carbons (Fsp3) is 0.118. The van der Waals surface area contributed by atoms with Crippen LogP contribution in [-0.4, -0.2) is 26.7 Å². The van der Waals surface area contributed by atoms with Crippen LogP contribution in [-0.2, 0) is 6.61 Å². The average Bonchev–Trinajstić information content (AvgIpc) is 3.08. The normalized spacial score (nSPS) is 10.6. The van der Waals surface area contributed by atoms with Crippen molar-refractivity contribution in [2.24, 2.45) is 0 Å². The molecule has 0 unspecified atom stereocenters. The van der Waals surface area contributed by atoms with Crippen molar-refractivity contribution in [2.45, 2.75) is 11.8 Å². The Hall–Kier alpha value is -1.83. The first-order valence-corrected chi connectivity index (χ1v) is 9.47. The highest BCUT2D eigenvalue weighted by Crippen LogP contribution is 2.18. The highest BCUT2D eigenvalue weighted by atomic mass is 79.9. The molecule has 0 radical (unpaired) electrons. The number of Topliss-reactive ketones (excluding diaryl/α,β-unsaturated/α-hetero) is 1. The van der Waals surface area contributed by atoms with Crippen LogP contribution in [0.15, 0.2) is 58.2 Å². The topological polar surface area (TPSA) is 67.9 Å². The zero-order chi connectivity index (χ0) is 17.6. The molecule has 0 amide bonds. The van der Waals surface area contributed by atoms with Gasteiger partial charge in [-0.3, -0.25) is 9.89 Å². The Morgan fingerprint density at radius 1 is 1.16 bits per heavy atom. The van der Waals surface area contributed by atoms with Crippen LogP contribution in [0.1, 0.15) is 16.2 Å². The second kappa shape index (κ2) is 8.51. The summed E-state index contributed by atoms with van der Waals surface area (Å²) in [5.41, 5.74) is 0.664. The lowest BCUT2D eigenvalue weighted by molar-refractivity contribution is 0.102. The fourth-order valence-electron chi connectivity index (χ4n) is 1.94. The lowest BCUT2D eigenvalue weighted by Gasteiger charge is -2.03. The molecule has 0 fully saturated rings. The first kappa shape index (κ1) is 18.0. The van der Waals surface area contributed by atoms with Crippen LogP contribution < -0.4 is 4.74 Å². The van der Waals surface area contributed by atoms with Crippen molar-refractivity contribution in [3.05, 3.63) is 69.4 Å². The van der Waals surface area contributed by atoms with E-state index in [2.05, 4.69) is 31.1 Å². The monoisotopic (exact) mass is 437 g/mol. The predicted molar refractivity (Wildman–Crippen MR) is 101 cm³/mol. The molecule has 3 aromatic rings. The van der Waals surface area contributed by atoms with Crippen LogP contribution >= 0.6 is 39.3 Å². The third-order valence-electron chi connectivity index (χ3n) is 3.20. The van der Waals surface area contributed by atoms with Crippen molar-refractivity contribution in [3.63, 3.8) is 0 Å². The molecule has 25 heavy (non-hydrogen) atoms. The molecule has 1 heterocycles. The van der Waals surface area contributed by atoms with Gasteiger partial charge in [-0.25, -0.2) is 4.98 Å². The van der Waals surface area contributed by atoms with Crippen molar-refractivity contribution in [1.82, 2.24) is 15.2 Å². The Kier molecular flexibility index (Phi) is 6.12. The third kappa shape index (κ3) is 5.32. The molecule has 2 aromatic carbocycles. The molecule has 8 heteroatoms. The number of ketones is 1. The molecule has 0 saturated heterocycles. The summed E-state index contributed by atoms with van der Waals surface area (Å²) in [4.78, 5) is 16.4. The summed E-state index contributed by atoms with van der Waals surface area (Å²) in [6, 6.07) is 14.3. The summed E-state index contributed by atoms with van der Waals surface area (Å²) in [5, 5.41) is 8.06. The first-order valence-electron chi connectivity index (χ1n) is 7.31. The van der Waals surface area contributed by atoms with E-state index in [9.17, 15) is 4.79 Å². The minimum atomic E-state index is 0.0289. The van der Waals surface area contributed by atoms with Crippen molar-refractivity contribution < 1.29 is 9.53 Å². The summed E-state index contributed by atoms with van der Waals surface area (Å²) in [6.07, 6.45) is 0. The number of benzene rings is 2. The number of aromatic nitrogens is 3. The zero-order valence-corrected chi connectivity index (χ0v) is 16.1. The quantitative estimate of drug-likeness (QED) is 0.425. The van der Waals surface area contributed by atoms with Crippen LogP contribution in [0.25, 0.3) is 0 Å². The first-order chi connectivity index (χ1) is 12.1. The van der Waals surface area contributed by atoms with E-state index in [0.717, 1.165) is 4.47 Å². The Morgan fingerprint density at radius 3 is 2.60 bits per heavy atom. The van der Waals surface area contributed by atoms with Gasteiger partial charge >= 0.3 is 0 Å². The number of hydrogen-bond donors (Lipinski definition) is 1. The maximum Gasteiger partial charge on any atom is 0.208 e. The maximum atomic E-state index is 12.1. The molecule has 128 valence electrons. The van der Waals surface area contributed by atoms with E-state index in [1.54, 1.807) is 36.4 Å². The number of carbonyl (C=O) groups excluding carboxylic acids is 1. The molecular formula is C17H13BrClN3O2S. The third-order valence-corrected chi connectivity index (χ3v) is 4.83. The van der Waals surface area contributed by atoms with E-state index in [0.29, 0.717) is 27.3 Å². The molecule has 5 nitrogen and oxygen atoms in total. The van der Waals surface area contributed by atoms with Crippen molar-refractivity contribution in [1.29, 1.82) is 0 Å². The zero-order valence-electron chi connectivity index (χ0n) is 12.9. The number of nitrogens with zero attached hydrogens (tertiary/aromatic N) is 2. The van der Waals surface area contributed by atoms with Crippen molar-refractivity contribution >= 4 is 45.1 Å². The second-order valence-electron chi connectivity index (χ2n) is 5.03. The predicted octanol–water partition coefficient (Wildman–Crippen LogP) is 4.77. The highest BCUT2D eigenvalue weighted by Gasteiger charge is 2.10. The number of thioether (sulfide) groups is 1. The van der Waals surface area contributed by atoms with E-state index in [1.165, 1.54) is 11.8 Å². The molecule has 0 atom stereocenters. The number of hydrogen-bond acceptors (Lipinski definition) is 5. The molecular weight excluding hydrogens is 426 g/mol. The Labute approximate surface area is 162 Å². The smallest absolute Gasteiger partial charge is 0.208 e. The van der Waals surface area contributed by atoms with Gasteiger partial charge in [0.1, 0.15) is 12.4 Å². The summed E-state index contributed by atoms with van der Waals surface area (Å²) in [7, 11) is 0. The lowest BCUT2D eigenvalue weighted by Crippen LogP contribution is -2.02. The van der Waals surface area contributed by atoms with E-state index in [4.69, 9.17) is 16.3 Å². The number of rotatable bonds is 7. The van der Waals surface area contributed by atoms with Crippen LogP contribution in [0, 0.1) is 0 Å². The van der Waals surface area contributed by atoms with Gasteiger partial charge in [0.25, 0.3) is 0 Å². The van der Waals surface area contributed by atoms with Gasteiger partial charge in [-0.2, -0.15) is 0 Å². The van der Waals surface area contributed by atoms with Crippen LogP contribution in [0.4, 0.5) is 0 Å². The SMILES string of the molecule is O=C(CSc1n[nH]c(COc2ccc(Cl)cc2)n1)c1ccc(Br)cc1. The molecule has 0 aliphatic heterocycles. The largest absolute Gasteiger partial charge is 0.486 e. The standard InChI is InChI=1S/C17H13BrClN3O2S/c18-12-3-1-11(2-4-12)15(23)10-25-17-20-16(21-22-17)9-24-14-7-5-13(19)6-8-14/h1-8H,9-10H2,(H,20,21,22). The number of aromatic amines is 1. The number of H-pyrrole nitrogens is 1. The summed E-state index contributed by atoms with van der Waals surface area (Å²) < 4.78 is 6.53. The van der Waals surface area contributed by atoms with Crippen molar-refractivity contribution in [3.8, 4) is 5.75 Å². The summed E-state index contributed by atoms with van der Waals surface area (Å²) in [6.45, 7) is 0.260. The average molecular weight is 439 g/mol. The van der Waals surface area contributed by atoms with Gasteiger partial charge in [0, 0.05) is 15.1 Å². The van der Waals surface area contributed by atoms with Gasteiger partial charge in [0.2, 0.25) is 5.16 Å². The summed E-state index contributed by atoms with van der Waals surface area (Å²) >= 11 is 10.5. The number of halogens is 2. The Morgan fingerprint density at radius 2 is 1.88 bits per heavy atom. The Bertz CT molecular complexity index is 853. The molecule has 0 saturated carbocycles. The van der Waals surface area contributed by atoms with Gasteiger partial charge < -0.3 is 4.74 Å². The fourth-order valence-corrected chi connectivity index (χ4v) is 3.04. The molecule has 0 spiro atoms. The van der Waals surface area contributed by atoms with Gasteiger partial charge in [-0.05, 0) is 36.4 Å². The molecule has 3 rings (SSSR count). The summed E-state index contributed by atoms with van der Waals surface area (Å²) in [5.74, 6) is 1.59. The maximum absolute atomic E-state index is 12.1. The molecule has 0 aliphatic carbocycles. The minimum absolute atomic E-state index is 0.0289. The van der Waals surface area contributed by atoms with Gasteiger partial charge in [-0.15, -0.1) is 5.10 Å². The van der Waals surface area contributed by atoms with E-state index < -0.39 is 0 Å². The van der Waals surface area contributed by atoms with Gasteiger partial charge in [0.05, 0.1) is 5.75 Å².